The molecule has 1 rings (SSSR count). The van der Waals surface area contributed by atoms with Crippen molar-refractivity contribution < 1.29 is 13.2 Å². The molecule has 1 atom stereocenters. The number of amides is 1. The fraction of sp³-hybridized carbons (Fsp3) is 0.625. The first-order valence-electron chi connectivity index (χ1n) is 4.14. The van der Waals surface area contributed by atoms with Gasteiger partial charge in [0.1, 0.15) is 0 Å². The largest absolute Gasteiger partial charge is 0.350 e. The molecule has 1 amide bonds. The highest BCUT2D eigenvalue weighted by Gasteiger charge is 2.34. The lowest BCUT2D eigenvalue weighted by Gasteiger charge is -2.27. The number of carbonyl (C=O) groups is 1. The van der Waals surface area contributed by atoms with Crippen LogP contribution in [0.2, 0.25) is 0 Å². The van der Waals surface area contributed by atoms with Gasteiger partial charge in [0.15, 0.2) is 9.84 Å². The molecular weight excluding hydrogens is 204 g/mol. The second-order valence-electron chi connectivity index (χ2n) is 3.30. The number of hydrogen-bond donors (Lipinski definition) is 2. The first-order valence-corrected chi connectivity index (χ1v) is 5.96. The fourth-order valence-corrected chi connectivity index (χ4v) is 2.47. The maximum atomic E-state index is 11.2. The zero-order chi connectivity index (χ0) is 10.8. The SMILES string of the molecule is C#CCC(N)C(=O)NC1CS(=O)(=O)C1. The summed E-state index contributed by atoms with van der Waals surface area (Å²) in [4.78, 5) is 11.2. The average Bonchev–Trinajstić information content (AvgIpc) is 2.01. The van der Waals surface area contributed by atoms with Crippen molar-refractivity contribution in [1.29, 1.82) is 0 Å². The van der Waals surface area contributed by atoms with E-state index < -0.39 is 15.9 Å². The van der Waals surface area contributed by atoms with E-state index >= 15 is 0 Å². The van der Waals surface area contributed by atoms with E-state index in [1.54, 1.807) is 0 Å². The molecule has 0 aromatic rings. The number of hydrogen-bond acceptors (Lipinski definition) is 4. The summed E-state index contributed by atoms with van der Waals surface area (Å²) in [7, 11) is -2.91. The van der Waals surface area contributed by atoms with E-state index in [1.165, 1.54) is 0 Å². The predicted molar refractivity (Wildman–Crippen MR) is 52.0 cm³/mol. The quantitative estimate of drug-likeness (QED) is 0.547. The van der Waals surface area contributed by atoms with Crippen molar-refractivity contribution in [3.63, 3.8) is 0 Å². The predicted octanol–water partition coefficient (Wildman–Crippen LogP) is -1.75. The van der Waals surface area contributed by atoms with Gasteiger partial charge in [0, 0.05) is 6.42 Å². The van der Waals surface area contributed by atoms with E-state index in [1.807, 2.05) is 0 Å². The molecular formula is C8H12N2O3S. The Morgan fingerprint density at radius 2 is 2.21 bits per heavy atom. The smallest absolute Gasteiger partial charge is 0.238 e. The lowest BCUT2D eigenvalue weighted by molar-refractivity contribution is -0.122. The van der Waals surface area contributed by atoms with Crippen LogP contribution in [0.1, 0.15) is 6.42 Å². The molecule has 1 saturated heterocycles. The van der Waals surface area contributed by atoms with Gasteiger partial charge in [-0.1, -0.05) is 0 Å². The minimum absolute atomic E-state index is 0.00150. The zero-order valence-corrected chi connectivity index (χ0v) is 8.38. The van der Waals surface area contributed by atoms with Gasteiger partial charge < -0.3 is 11.1 Å². The molecule has 1 heterocycles. The first kappa shape index (κ1) is 11.0. The summed E-state index contributed by atoms with van der Waals surface area (Å²) < 4.78 is 21.5. The number of rotatable bonds is 3. The summed E-state index contributed by atoms with van der Waals surface area (Å²) in [6.45, 7) is 0. The highest BCUT2D eigenvalue weighted by molar-refractivity contribution is 7.92. The number of terminal acetylenes is 1. The number of nitrogens with one attached hydrogen (secondary N) is 1. The van der Waals surface area contributed by atoms with Gasteiger partial charge in [-0.15, -0.1) is 12.3 Å². The van der Waals surface area contributed by atoms with Crippen LogP contribution in [0.15, 0.2) is 0 Å². The Labute approximate surface area is 83.0 Å². The third-order valence-corrected chi connectivity index (χ3v) is 3.75. The second-order valence-corrected chi connectivity index (χ2v) is 5.45. The van der Waals surface area contributed by atoms with Crippen LogP contribution < -0.4 is 11.1 Å². The molecule has 0 aromatic heterocycles. The van der Waals surface area contributed by atoms with Crippen LogP contribution in [0.5, 0.6) is 0 Å². The third-order valence-electron chi connectivity index (χ3n) is 1.93. The maximum absolute atomic E-state index is 11.2. The summed E-state index contributed by atoms with van der Waals surface area (Å²) in [6, 6.07) is -1.04. The summed E-state index contributed by atoms with van der Waals surface area (Å²) in [5.74, 6) is 1.89. The molecule has 0 aromatic carbocycles. The van der Waals surface area contributed by atoms with Gasteiger partial charge in [-0.05, 0) is 0 Å². The Balaban J connectivity index is 2.33. The Hall–Kier alpha value is -1.06. The van der Waals surface area contributed by atoms with Gasteiger partial charge >= 0.3 is 0 Å². The Morgan fingerprint density at radius 3 is 2.64 bits per heavy atom. The van der Waals surface area contributed by atoms with Crippen molar-refractivity contribution in [3.05, 3.63) is 0 Å². The Kier molecular flexibility index (Phi) is 3.13. The second kappa shape index (κ2) is 3.98. The molecule has 1 fully saturated rings. The average molecular weight is 216 g/mol. The van der Waals surface area contributed by atoms with Crippen molar-refractivity contribution in [1.82, 2.24) is 5.32 Å². The van der Waals surface area contributed by atoms with Crippen LogP contribution in [0, 0.1) is 12.3 Å². The lowest BCUT2D eigenvalue weighted by atomic mass is 10.2. The summed E-state index contributed by atoms with van der Waals surface area (Å²) in [5.41, 5.74) is 5.42. The summed E-state index contributed by atoms with van der Waals surface area (Å²) >= 11 is 0. The molecule has 78 valence electrons. The monoisotopic (exact) mass is 216 g/mol. The highest BCUT2D eigenvalue weighted by Crippen LogP contribution is 2.10. The van der Waals surface area contributed by atoms with Crippen molar-refractivity contribution in [3.8, 4) is 12.3 Å². The molecule has 1 aliphatic heterocycles. The van der Waals surface area contributed by atoms with E-state index in [9.17, 15) is 13.2 Å². The first-order chi connectivity index (χ1) is 6.44. The van der Waals surface area contributed by atoms with Gasteiger partial charge in [0.05, 0.1) is 23.6 Å². The molecule has 0 spiro atoms. The normalized spacial score (nSPS) is 21.7. The molecule has 14 heavy (non-hydrogen) atoms. The fourth-order valence-electron chi connectivity index (χ4n) is 1.18. The molecule has 3 N–H and O–H groups in total. The van der Waals surface area contributed by atoms with E-state index in [0.29, 0.717) is 0 Å². The van der Waals surface area contributed by atoms with Gasteiger partial charge in [-0.2, -0.15) is 0 Å². The molecule has 0 saturated carbocycles. The van der Waals surface area contributed by atoms with Gasteiger partial charge in [-0.25, -0.2) is 8.42 Å². The standard InChI is InChI=1S/C8H12N2O3S/c1-2-3-7(9)8(11)10-6-4-14(12,13)5-6/h1,6-7H,3-5,9H2,(H,10,11). The number of nitrogens with two attached hydrogens (primary N) is 1. The van der Waals surface area contributed by atoms with E-state index in [-0.39, 0.29) is 29.9 Å². The summed E-state index contributed by atoms with van der Waals surface area (Å²) in [6.07, 6.45) is 5.14. The van der Waals surface area contributed by atoms with Crippen molar-refractivity contribution in [2.45, 2.75) is 18.5 Å². The number of sulfone groups is 1. The van der Waals surface area contributed by atoms with Gasteiger partial charge in [0.2, 0.25) is 5.91 Å². The van der Waals surface area contributed by atoms with E-state index in [0.717, 1.165) is 0 Å². The van der Waals surface area contributed by atoms with Crippen LogP contribution in [-0.4, -0.2) is 37.9 Å². The van der Waals surface area contributed by atoms with Gasteiger partial charge in [0.25, 0.3) is 0 Å². The van der Waals surface area contributed by atoms with Crippen LogP contribution in [0.3, 0.4) is 0 Å². The van der Waals surface area contributed by atoms with Crippen LogP contribution in [0.25, 0.3) is 0 Å². The maximum Gasteiger partial charge on any atom is 0.238 e. The molecule has 0 aliphatic carbocycles. The van der Waals surface area contributed by atoms with Crippen LogP contribution in [0.4, 0.5) is 0 Å². The van der Waals surface area contributed by atoms with Crippen LogP contribution >= 0.6 is 0 Å². The topological polar surface area (TPSA) is 89.3 Å². The van der Waals surface area contributed by atoms with E-state index in [4.69, 9.17) is 12.2 Å². The van der Waals surface area contributed by atoms with Crippen molar-refractivity contribution >= 4 is 15.7 Å². The van der Waals surface area contributed by atoms with Gasteiger partial charge in [-0.3, -0.25) is 4.79 Å². The minimum Gasteiger partial charge on any atom is -0.350 e. The molecule has 0 bridgehead atoms. The number of carbonyl (C=O) groups excluding carboxylic acids is 1. The summed E-state index contributed by atoms with van der Waals surface area (Å²) in [5, 5.41) is 2.52. The van der Waals surface area contributed by atoms with Crippen LogP contribution in [-0.2, 0) is 14.6 Å². The Morgan fingerprint density at radius 1 is 1.64 bits per heavy atom. The lowest BCUT2D eigenvalue weighted by Crippen LogP contribution is -2.56. The molecule has 5 nitrogen and oxygen atoms in total. The molecule has 6 heteroatoms. The van der Waals surface area contributed by atoms with E-state index in [2.05, 4.69) is 11.2 Å². The van der Waals surface area contributed by atoms with Crippen molar-refractivity contribution in [2.75, 3.05) is 11.5 Å². The third kappa shape index (κ3) is 2.72. The highest BCUT2D eigenvalue weighted by atomic mass is 32.2. The zero-order valence-electron chi connectivity index (χ0n) is 7.56. The minimum atomic E-state index is -2.91. The Bertz CT molecular complexity index is 357. The van der Waals surface area contributed by atoms with Crippen molar-refractivity contribution in [2.24, 2.45) is 5.73 Å². The molecule has 1 aliphatic rings. The molecule has 0 radical (unpaired) electrons. The molecule has 1 unspecified atom stereocenters.